The monoisotopic (exact) mass is 293 g/mol. The molecule has 0 spiro atoms. The molecule has 4 heteroatoms. The van der Waals surface area contributed by atoms with Gasteiger partial charge < -0.3 is 5.11 Å². The van der Waals surface area contributed by atoms with Gasteiger partial charge in [-0.1, -0.05) is 43.7 Å². The summed E-state index contributed by atoms with van der Waals surface area (Å²) in [6.07, 6.45) is 5.05. The van der Waals surface area contributed by atoms with Crippen LogP contribution in [0.2, 0.25) is 0 Å². The maximum atomic E-state index is 9.63. The van der Waals surface area contributed by atoms with Gasteiger partial charge in [-0.2, -0.15) is 5.10 Å². The van der Waals surface area contributed by atoms with E-state index in [2.05, 4.69) is 41.3 Å². The molecule has 0 bridgehead atoms. The molecule has 1 aromatic heterocycles. The summed E-state index contributed by atoms with van der Waals surface area (Å²) in [5, 5.41) is 13.9. The number of hydrogen-bond donors (Lipinski definition) is 1. The molecule has 0 saturated carbocycles. The average molecular weight is 293 g/mol. The first-order chi connectivity index (χ1) is 10.8. The SMILES string of the molecule is CCCCc1ccc(-c2ncnn2-c2cccc(O)c2)cc1. The molecule has 0 saturated heterocycles. The first kappa shape index (κ1) is 14.3. The molecule has 3 aromatic rings. The van der Waals surface area contributed by atoms with Crippen LogP contribution in [-0.4, -0.2) is 19.9 Å². The fourth-order valence-corrected chi connectivity index (χ4v) is 2.45. The number of rotatable bonds is 5. The van der Waals surface area contributed by atoms with E-state index in [1.165, 1.54) is 24.7 Å². The molecule has 0 aliphatic heterocycles. The average Bonchev–Trinajstić information content (AvgIpc) is 3.03. The van der Waals surface area contributed by atoms with Gasteiger partial charge in [-0.15, -0.1) is 0 Å². The van der Waals surface area contributed by atoms with Gasteiger partial charge in [0.1, 0.15) is 12.1 Å². The van der Waals surface area contributed by atoms with Gasteiger partial charge in [-0.3, -0.25) is 0 Å². The summed E-state index contributed by atoms with van der Waals surface area (Å²) in [6.45, 7) is 2.20. The topological polar surface area (TPSA) is 50.9 Å². The Bertz CT molecular complexity index is 747. The number of hydrogen-bond acceptors (Lipinski definition) is 3. The Labute approximate surface area is 130 Å². The number of aromatic hydroxyl groups is 1. The van der Waals surface area contributed by atoms with Crippen molar-refractivity contribution in [1.29, 1.82) is 0 Å². The number of aromatic nitrogens is 3. The summed E-state index contributed by atoms with van der Waals surface area (Å²) >= 11 is 0. The lowest BCUT2D eigenvalue weighted by Crippen LogP contribution is -1.99. The molecule has 0 aliphatic carbocycles. The number of benzene rings is 2. The lowest BCUT2D eigenvalue weighted by atomic mass is 10.1. The molecule has 2 aromatic carbocycles. The predicted molar refractivity (Wildman–Crippen MR) is 87.1 cm³/mol. The number of aryl methyl sites for hydroxylation is 1. The summed E-state index contributed by atoms with van der Waals surface area (Å²) in [4.78, 5) is 4.35. The molecular weight excluding hydrogens is 274 g/mol. The highest BCUT2D eigenvalue weighted by atomic mass is 16.3. The highest BCUT2D eigenvalue weighted by molar-refractivity contribution is 5.58. The van der Waals surface area contributed by atoms with Crippen molar-refractivity contribution in [1.82, 2.24) is 14.8 Å². The second-order valence-electron chi connectivity index (χ2n) is 5.32. The van der Waals surface area contributed by atoms with Crippen LogP contribution >= 0.6 is 0 Å². The highest BCUT2D eigenvalue weighted by Gasteiger charge is 2.09. The zero-order valence-corrected chi connectivity index (χ0v) is 12.6. The van der Waals surface area contributed by atoms with E-state index in [9.17, 15) is 5.11 Å². The fraction of sp³-hybridized carbons (Fsp3) is 0.222. The number of phenols is 1. The number of unbranched alkanes of at least 4 members (excludes halogenated alkanes) is 1. The quantitative estimate of drug-likeness (QED) is 0.774. The second-order valence-corrected chi connectivity index (χ2v) is 5.32. The van der Waals surface area contributed by atoms with E-state index in [0.717, 1.165) is 23.5 Å². The van der Waals surface area contributed by atoms with Crippen molar-refractivity contribution in [3.63, 3.8) is 0 Å². The molecule has 0 unspecified atom stereocenters. The Morgan fingerprint density at radius 1 is 1.09 bits per heavy atom. The lowest BCUT2D eigenvalue weighted by molar-refractivity contribution is 0.475. The van der Waals surface area contributed by atoms with E-state index >= 15 is 0 Å². The lowest BCUT2D eigenvalue weighted by Gasteiger charge is -2.07. The van der Waals surface area contributed by atoms with E-state index in [-0.39, 0.29) is 5.75 Å². The van der Waals surface area contributed by atoms with Crippen LogP contribution in [0.5, 0.6) is 5.75 Å². The Kier molecular flexibility index (Phi) is 4.19. The molecule has 112 valence electrons. The van der Waals surface area contributed by atoms with Crippen molar-refractivity contribution < 1.29 is 5.11 Å². The molecule has 4 nitrogen and oxygen atoms in total. The van der Waals surface area contributed by atoms with Crippen LogP contribution in [0.4, 0.5) is 0 Å². The number of phenolic OH excluding ortho intramolecular Hbond substituents is 1. The zero-order valence-electron chi connectivity index (χ0n) is 12.6. The van der Waals surface area contributed by atoms with E-state index in [1.54, 1.807) is 22.9 Å². The third kappa shape index (κ3) is 3.01. The maximum absolute atomic E-state index is 9.63. The van der Waals surface area contributed by atoms with Crippen molar-refractivity contribution in [3.05, 3.63) is 60.4 Å². The molecule has 1 heterocycles. The van der Waals surface area contributed by atoms with Crippen LogP contribution in [0.3, 0.4) is 0 Å². The Hall–Kier alpha value is -2.62. The van der Waals surface area contributed by atoms with Gasteiger partial charge in [-0.05, 0) is 30.5 Å². The van der Waals surface area contributed by atoms with Gasteiger partial charge in [0.05, 0.1) is 5.69 Å². The van der Waals surface area contributed by atoms with E-state index in [1.807, 2.05) is 6.07 Å². The highest BCUT2D eigenvalue weighted by Crippen LogP contribution is 2.22. The molecule has 1 N–H and O–H groups in total. The van der Waals surface area contributed by atoms with Crippen molar-refractivity contribution in [2.24, 2.45) is 0 Å². The van der Waals surface area contributed by atoms with Crippen LogP contribution in [-0.2, 0) is 6.42 Å². The van der Waals surface area contributed by atoms with Crippen LogP contribution in [0, 0.1) is 0 Å². The Balaban J connectivity index is 1.91. The summed E-state index contributed by atoms with van der Waals surface area (Å²) in [5.41, 5.74) is 3.15. The van der Waals surface area contributed by atoms with Crippen molar-refractivity contribution in [3.8, 4) is 22.8 Å². The minimum atomic E-state index is 0.217. The summed E-state index contributed by atoms with van der Waals surface area (Å²) in [6, 6.07) is 15.5. The third-order valence-electron chi connectivity index (χ3n) is 3.65. The summed E-state index contributed by atoms with van der Waals surface area (Å²) in [5.74, 6) is 0.988. The molecule has 22 heavy (non-hydrogen) atoms. The number of nitrogens with zero attached hydrogens (tertiary/aromatic N) is 3. The zero-order chi connectivity index (χ0) is 15.4. The molecule has 0 atom stereocenters. The van der Waals surface area contributed by atoms with Crippen molar-refractivity contribution in [2.75, 3.05) is 0 Å². The first-order valence-corrected chi connectivity index (χ1v) is 7.56. The molecule has 0 radical (unpaired) electrons. The molecule has 3 rings (SSSR count). The van der Waals surface area contributed by atoms with Gasteiger partial charge in [0, 0.05) is 11.6 Å². The first-order valence-electron chi connectivity index (χ1n) is 7.56. The Morgan fingerprint density at radius 3 is 2.64 bits per heavy atom. The van der Waals surface area contributed by atoms with Crippen LogP contribution in [0.25, 0.3) is 17.1 Å². The van der Waals surface area contributed by atoms with E-state index < -0.39 is 0 Å². The van der Waals surface area contributed by atoms with Gasteiger partial charge >= 0.3 is 0 Å². The molecule has 0 aliphatic rings. The van der Waals surface area contributed by atoms with Gasteiger partial charge in [-0.25, -0.2) is 9.67 Å². The Morgan fingerprint density at radius 2 is 1.91 bits per heavy atom. The van der Waals surface area contributed by atoms with E-state index in [0.29, 0.717) is 0 Å². The van der Waals surface area contributed by atoms with Crippen molar-refractivity contribution >= 4 is 0 Å². The smallest absolute Gasteiger partial charge is 0.163 e. The standard InChI is InChI=1S/C18H19N3O/c1-2-3-5-14-8-10-15(11-9-14)18-19-13-20-21(18)16-6-4-7-17(22)12-16/h4,6-13,22H,2-3,5H2,1H3. The predicted octanol–water partition coefficient (Wildman–Crippen LogP) is 3.98. The molecule has 0 amide bonds. The molecular formula is C18H19N3O. The third-order valence-corrected chi connectivity index (χ3v) is 3.65. The van der Waals surface area contributed by atoms with Gasteiger partial charge in [0.25, 0.3) is 0 Å². The van der Waals surface area contributed by atoms with Gasteiger partial charge in [0.15, 0.2) is 5.82 Å². The largest absolute Gasteiger partial charge is 0.508 e. The second kappa shape index (κ2) is 6.43. The minimum absolute atomic E-state index is 0.217. The molecule has 0 fully saturated rings. The minimum Gasteiger partial charge on any atom is -0.508 e. The van der Waals surface area contributed by atoms with Crippen LogP contribution in [0.1, 0.15) is 25.3 Å². The van der Waals surface area contributed by atoms with Crippen LogP contribution < -0.4 is 0 Å². The summed E-state index contributed by atoms with van der Waals surface area (Å²) in [7, 11) is 0. The normalized spacial score (nSPS) is 10.8. The summed E-state index contributed by atoms with van der Waals surface area (Å²) < 4.78 is 1.74. The maximum Gasteiger partial charge on any atom is 0.163 e. The fourth-order valence-electron chi connectivity index (χ4n) is 2.45. The van der Waals surface area contributed by atoms with E-state index in [4.69, 9.17) is 0 Å². The van der Waals surface area contributed by atoms with Gasteiger partial charge in [0.2, 0.25) is 0 Å². The van der Waals surface area contributed by atoms with Crippen molar-refractivity contribution in [2.45, 2.75) is 26.2 Å². The van der Waals surface area contributed by atoms with Crippen LogP contribution in [0.15, 0.2) is 54.9 Å².